The van der Waals surface area contributed by atoms with Crippen LogP contribution in [0.3, 0.4) is 0 Å². The first-order valence-electron chi connectivity index (χ1n) is 27.4. The molecule has 0 aromatic rings. The minimum absolute atomic E-state index is 0.267. The van der Waals surface area contributed by atoms with Crippen LogP contribution >= 0.6 is 0 Å². The van der Waals surface area contributed by atoms with Gasteiger partial charge in [-0.1, -0.05) is 251 Å². The zero-order valence-electron chi connectivity index (χ0n) is 41.5. The molecule has 11 nitrogen and oxygen atoms in total. The fourth-order valence-corrected chi connectivity index (χ4v) is 9.15. The molecule has 9 atom stereocenters. The number of aliphatic hydroxyl groups excluding tert-OH is 7. The highest BCUT2D eigenvalue weighted by molar-refractivity contribution is 5.80. The summed E-state index contributed by atoms with van der Waals surface area (Å²) in [5, 5.41) is 75.7. The van der Waals surface area contributed by atoms with Crippen LogP contribution in [-0.4, -0.2) is 110 Å². The van der Waals surface area contributed by atoms with Crippen LogP contribution in [0, 0.1) is 0 Å². The number of amides is 1. The van der Waals surface area contributed by atoms with Crippen LogP contribution in [-0.2, 0) is 14.3 Å². The highest BCUT2D eigenvalue weighted by Gasteiger charge is 2.44. The number of rotatable bonds is 47. The highest BCUT2D eigenvalue weighted by Crippen LogP contribution is 2.23. The smallest absolute Gasteiger partial charge is 0.249 e. The molecular formula is C53H105NO10. The molecule has 0 radical (unpaired) electrons. The van der Waals surface area contributed by atoms with Crippen molar-refractivity contribution < 1.29 is 50.0 Å². The average Bonchev–Trinajstić information content (AvgIpc) is 3.29. The summed E-state index contributed by atoms with van der Waals surface area (Å²) in [5.41, 5.74) is 0. The topological polar surface area (TPSA) is 189 Å². The van der Waals surface area contributed by atoms with Gasteiger partial charge >= 0.3 is 0 Å². The minimum Gasteiger partial charge on any atom is -0.394 e. The third-order valence-electron chi connectivity index (χ3n) is 13.7. The number of nitrogens with one attached hydrogen (secondary N) is 1. The number of carbonyl (C=O) groups excluding carboxylic acids is 1. The third kappa shape index (κ3) is 32.0. The summed E-state index contributed by atoms with van der Waals surface area (Å²) in [6, 6.07) is -1.16. The van der Waals surface area contributed by atoms with Gasteiger partial charge in [0.1, 0.15) is 36.6 Å². The summed E-state index contributed by atoms with van der Waals surface area (Å²) in [7, 11) is 0. The number of unbranched alkanes of at least 4 members (excludes halogenated alkanes) is 35. The van der Waals surface area contributed by atoms with Gasteiger partial charge in [0.25, 0.3) is 0 Å². The van der Waals surface area contributed by atoms with E-state index < -0.39 is 74.2 Å². The van der Waals surface area contributed by atoms with Gasteiger partial charge in [0, 0.05) is 0 Å². The highest BCUT2D eigenvalue weighted by atomic mass is 16.7. The number of hydrogen-bond donors (Lipinski definition) is 8. The Morgan fingerprint density at radius 1 is 0.484 bits per heavy atom. The number of hydrogen-bond acceptors (Lipinski definition) is 10. The zero-order valence-corrected chi connectivity index (χ0v) is 41.5. The first-order chi connectivity index (χ1) is 31.2. The Morgan fingerprint density at radius 2 is 0.812 bits per heavy atom. The Labute approximate surface area is 392 Å². The SMILES string of the molecule is CCCCCCCCCCCCCCCCCCCCCCCCCCCCCCC(O)C(=O)NC(COC1OC(CO)C(O)C(O)C1O)C(O)C(O)CCCCCCCCCCC. The van der Waals surface area contributed by atoms with Gasteiger partial charge < -0.3 is 50.5 Å². The van der Waals surface area contributed by atoms with E-state index in [1.165, 1.54) is 186 Å². The molecule has 0 spiro atoms. The van der Waals surface area contributed by atoms with Crippen molar-refractivity contribution in [3.05, 3.63) is 0 Å². The molecule has 9 unspecified atom stereocenters. The van der Waals surface area contributed by atoms with Crippen LogP contribution in [0.2, 0.25) is 0 Å². The summed E-state index contributed by atoms with van der Waals surface area (Å²) >= 11 is 0. The summed E-state index contributed by atoms with van der Waals surface area (Å²) in [6.07, 6.45) is 36.2. The van der Waals surface area contributed by atoms with Gasteiger partial charge in [0.2, 0.25) is 5.91 Å². The van der Waals surface area contributed by atoms with Gasteiger partial charge in [-0.2, -0.15) is 0 Å². The second kappa shape index (κ2) is 43.4. The van der Waals surface area contributed by atoms with E-state index in [1.54, 1.807) is 0 Å². The van der Waals surface area contributed by atoms with E-state index in [0.717, 1.165) is 38.5 Å². The largest absolute Gasteiger partial charge is 0.394 e. The molecule has 0 bridgehead atoms. The molecule has 0 saturated carbocycles. The number of carbonyl (C=O) groups is 1. The van der Waals surface area contributed by atoms with E-state index in [2.05, 4.69) is 19.2 Å². The van der Waals surface area contributed by atoms with Gasteiger partial charge in [0.05, 0.1) is 25.4 Å². The molecule has 11 heteroatoms. The van der Waals surface area contributed by atoms with E-state index in [1.807, 2.05) is 0 Å². The molecule has 1 saturated heterocycles. The van der Waals surface area contributed by atoms with Crippen molar-refractivity contribution in [3.63, 3.8) is 0 Å². The van der Waals surface area contributed by atoms with E-state index in [-0.39, 0.29) is 6.42 Å². The molecule has 1 amide bonds. The van der Waals surface area contributed by atoms with Gasteiger partial charge in [-0.15, -0.1) is 0 Å². The summed E-state index contributed by atoms with van der Waals surface area (Å²) in [4.78, 5) is 13.1. The van der Waals surface area contributed by atoms with Gasteiger partial charge in [-0.25, -0.2) is 0 Å². The maximum atomic E-state index is 13.1. The fourth-order valence-electron chi connectivity index (χ4n) is 9.15. The van der Waals surface area contributed by atoms with Gasteiger partial charge in [0.15, 0.2) is 6.29 Å². The van der Waals surface area contributed by atoms with Crippen molar-refractivity contribution in [2.24, 2.45) is 0 Å². The second-order valence-electron chi connectivity index (χ2n) is 19.7. The summed E-state index contributed by atoms with van der Waals surface area (Å²) in [6.45, 7) is 3.44. The lowest BCUT2D eigenvalue weighted by Crippen LogP contribution is -2.60. The lowest BCUT2D eigenvalue weighted by molar-refractivity contribution is -0.303. The van der Waals surface area contributed by atoms with Crippen molar-refractivity contribution in [2.45, 2.75) is 319 Å². The Kier molecular flexibility index (Phi) is 41.4. The van der Waals surface area contributed by atoms with Crippen molar-refractivity contribution in [1.29, 1.82) is 0 Å². The van der Waals surface area contributed by atoms with Crippen LogP contribution in [0.25, 0.3) is 0 Å². The molecule has 382 valence electrons. The fraction of sp³-hybridized carbons (Fsp3) is 0.981. The molecule has 8 N–H and O–H groups in total. The normalized spacial score (nSPS) is 20.9. The van der Waals surface area contributed by atoms with Crippen LogP contribution in [0.4, 0.5) is 0 Å². The lowest BCUT2D eigenvalue weighted by Gasteiger charge is -2.40. The van der Waals surface area contributed by atoms with Gasteiger partial charge in [-0.05, 0) is 12.8 Å². The average molecular weight is 916 g/mol. The first-order valence-corrected chi connectivity index (χ1v) is 27.4. The first kappa shape index (κ1) is 61.1. The molecule has 0 aliphatic carbocycles. The van der Waals surface area contributed by atoms with E-state index in [0.29, 0.717) is 19.3 Å². The predicted molar refractivity (Wildman–Crippen MR) is 261 cm³/mol. The standard InChI is InChI=1S/C53H105NO10/c1-3-5-7-9-11-13-14-15-16-17-18-19-20-21-22-23-24-25-26-27-28-29-30-31-33-35-37-39-41-46(57)52(62)54-44(43-63-53-51(61)50(60)49(59)47(42-55)64-53)48(58)45(56)40-38-36-34-32-12-10-8-6-4-2/h44-51,53,55-61H,3-43H2,1-2H3,(H,54,62). The zero-order chi connectivity index (χ0) is 46.9. The number of ether oxygens (including phenoxy) is 2. The Bertz CT molecular complexity index is 1010. The van der Waals surface area contributed by atoms with Gasteiger partial charge in [-0.3, -0.25) is 4.79 Å². The molecule has 1 aliphatic heterocycles. The quantitative estimate of drug-likeness (QED) is 0.0273. The molecule has 1 fully saturated rings. The van der Waals surface area contributed by atoms with Crippen LogP contribution in [0.5, 0.6) is 0 Å². The van der Waals surface area contributed by atoms with Crippen molar-refractivity contribution in [2.75, 3.05) is 13.2 Å². The minimum atomic E-state index is -1.66. The van der Waals surface area contributed by atoms with Crippen LogP contribution < -0.4 is 5.32 Å². The van der Waals surface area contributed by atoms with Crippen LogP contribution in [0.1, 0.15) is 264 Å². The molecule has 0 aromatic carbocycles. The van der Waals surface area contributed by atoms with E-state index in [9.17, 15) is 40.5 Å². The predicted octanol–water partition coefficient (Wildman–Crippen LogP) is 10.6. The van der Waals surface area contributed by atoms with E-state index in [4.69, 9.17) is 9.47 Å². The molecular weight excluding hydrogens is 811 g/mol. The van der Waals surface area contributed by atoms with Crippen molar-refractivity contribution in [3.8, 4) is 0 Å². The summed E-state index contributed by atoms with van der Waals surface area (Å²) < 4.78 is 11.1. The maximum Gasteiger partial charge on any atom is 0.249 e. The molecule has 64 heavy (non-hydrogen) atoms. The number of aliphatic hydroxyl groups is 7. The Hall–Kier alpha value is -0.890. The molecule has 0 aromatic heterocycles. The Balaban J connectivity index is 2.19. The second-order valence-corrected chi connectivity index (χ2v) is 19.7. The monoisotopic (exact) mass is 916 g/mol. The Morgan fingerprint density at radius 3 is 1.16 bits per heavy atom. The van der Waals surface area contributed by atoms with E-state index >= 15 is 0 Å². The maximum absolute atomic E-state index is 13.1. The van der Waals surface area contributed by atoms with Crippen molar-refractivity contribution >= 4 is 5.91 Å². The molecule has 1 heterocycles. The van der Waals surface area contributed by atoms with Crippen LogP contribution in [0.15, 0.2) is 0 Å². The molecule has 1 aliphatic rings. The summed E-state index contributed by atoms with van der Waals surface area (Å²) in [5.74, 6) is -0.693. The third-order valence-corrected chi connectivity index (χ3v) is 13.7. The van der Waals surface area contributed by atoms with Crippen molar-refractivity contribution in [1.82, 2.24) is 5.32 Å². The lowest BCUT2D eigenvalue weighted by atomic mass is 9.98. The molecule has 1 rings (SSSR count).